The summed E-state index contributed by atoms with van der Waals surface area (Å²) in [5, 5.41) is 4.03. The van der Waals surface area contributed by atoms with Crippen molar-refractivity contribution in [3.05, 3.63) is 53.6 Å². The van der Waals surface area contributed by atoms with Gasteiger partial charge < -0.3 is 19.7 Å². The molecule has 1 N–H and O–H groups in total. The van der Waals surface area contributed by atoms with Crippen LogP contribution in [0.4, 0.5) is 5.69 Å². The van der Waals surface area contributed by atoms with Crippen molar-refractivity contribution in [3.63, 3.8) is 0 Å². The molecule has 0 bridgehead atoms. The summed E-state index contributed by atoms with van der Waals surface area (Å²) in [6, 6.07) is 14.5. The third-order valence-corrected chi connectivity index (χ3v) is 4.78. The summed E-state index contributed by atoms with van der Waals surface area (Å²) in [5.74, 6) is 1.53. The van der Waals surface area contributed by atoms with Crippen molar-refractivity contribution in [2.75, 3.05) is 33.1 Å². The summed E-state index contributed by atoms with van der Waals surface area (Å²) in [5.41, 5.74) is 3.58. The predicted molar refractivity (Wildman–Crippen MR) is 113 cm³/mol. The minimum Gasteiger partial charge on any atom is -0.493 e. The van der Waals surface area contributed by atoms with Crippen molar-refractivity contribution in [2.24, 2.45) is 0 Å². The minimum atomic E-state index is 0.738. The molecule has 140 valence electrons. The Kier molecular flexibility index (Phi) is 7.73. The van der Waals surface area contributed by atoms with Gasteiger partial charge in [0, 0.05) is 19.3 Å². The number of hydrogen-bond acceptors (Lipinski definition) is 3. The van der Waals surface area contributed by atoms with E-state index in [-0.39, 0.29) is 0 Å². The Morgan fingerprint density at radius 2 is 1.65 bits per heavy atom. The fraction of sp³-hybridized carbons (Fsp3) is 0.381. The normalized spacial score (nSPS) is 10.3. The number of rotatable bonds is 8. The molecule has 0 fully saturated rings. The number of benzene rings is 2. The molecule has 0 saturated carbocycles. The Balaban J connectivity index is 1.82. The maximum atomic E-state index is 5.50. The zero-order valence-electron chi connectivity index (χ0n) is 16.0. The molecule has 5 heteroatoms. The lowest BCUT2D eigenvalue weighted by Gasteiger charge is -2.21. The van der Waals surface area contributed by atoms with Crippen LogP contribution in [-0.2, 0) is 12.8 Å². The number of anilines is 1. The monoisotopic (exact) mass is 372 g/mol. The van der Waals surface area contributed by atoms with E-state index in [9.17, 15) is 0 Å². The van der Waals surface area contributed by atoms with Crippen LogP contribution in [0.25, 0.3) is 0 Å². The Labute approximate surface area is 162 Å². The molecule has 0 aliphatic rings. The van der Waals surface area contributed by atoms with Crippen LogP contribution in [-0.4, -0.2) is 37.8 Å². The maximum absolute atomic E-state index is 5.50. The lowest BCUT2D eigenvalue weighted by molar-refractivity contribution is 0.354. The summed E-state index contributed by atoms with van der Waals surface area (Å²) in [6.07, 6.45) is 3.00. The fourth-order valence-electron chi connectivity index (χ4n) is 2.70. The van der Waals surface area contributed by atoms with Crippen LogP contribution in [0.5, 0.6) is 11.5 Å². The van der Waals surface area contributed by atoms with Crippen molar-refractivity contribution < 1.29 is 9.47 Å². The largest absolute Gasteiger partial charge is 0.493 e. The van der Waals surface area contributed by atoms with Crippen molar-refractivity contribution in [1.82, 2.24) is 4.90 Å². The van der Waals surface area contributed by atoms with E-state index in [1.807, 2.05) is 19.2 Å². The summed E-state index contributed by atoms with van der Waals surface area (Å²) in [6.45, 7) is 3.03. The van der Waals surface area contributed by atoms with E-state index in [4.69, 9.17) is 21.7 Å². The van der Waals surface area contributed by atoms with E-state index < -0.39 is 0 Å². The number of aryl methyl sites for hydroxylation is 2. The molecule has 2 aromatic carbocycles. The smallest absolute Gasteiger partial charge is 0.173 e. The van der Waals surface area contributed by atoms with E-state index in [1.54, 1.807) is 14.2 Å². The van der Waals surface area contributed by atoms with E-state index in [0.717, 1.165) is 48.1 Å². The summed E-state index contributed by atoms with van der Waals surface area (Å²) < 4.78 is 10.6. The predicted octanol–water partition coefficient (Wildman–Crippen LogP) is 4.53. The van der Waals surface area contributed by atoms with Gasteiger partial charge in [-0.05, 0) is 66.9 Å². The number of nitrogens with one attached hydrogen (secondary N) is 1. The molecule has 2 aromatic rings. The molecule has 0 amide bonds. The Morgan fingerprint density at radius 1 is 1.00 bits per heavy atom. The number of hydrogen-bond donors (Lipinski definition) is 1. The van der Waals surface area contributed by atoms with Gasteiger partial charge in [0.1, 0.15) is 0 Å². The first kappa shape index (κ1) is 20.0. The zero-order valence-corrected chi connectivity index (χ0v) is 16.9. The molecular weight excluding hydrogens is 344 g/mol. The van der Waals surface area contributed by atoms with Gasteiger partial charge in [0.15, 0.2) is 16.6 Å². The van der Waals surface area contributed by atoms with Crippen molar-refractivity contribution >= 4 is 23.0 Å². The number of ether oxygens (including phenoxy) is 2. The molecule has 2 rings (SSSR count). The zero-order chi connectivity index (χ0) is 18.9. The van der Waals surface area contributed by atoms with Gasteiger partial charge in [0.25, 0.3) is 0 Å². The van der Waals surface area contributed by atoms with Crippen LogP contribution >= 0.6 is 12.2 Å². The number of thiocarbonyl (C=S) groups is 1. The first-order valence-corrected chi connectivity index (χ1v) is 9.30. The average Bonchev–Trinajstić information content (AvgIpc) is 2.68. The molecule has 0 atom stereocenters. The summed E-state index contributed by atoms with van der Waals surface area (Å²) in [7, 11) is 5.33. The standard InChI is InChI=1S/C21H28N2O2S/c1-5-16-8-11-18(12-9-16)22-21(26)23(2)14-6-7-17-10-13-19(24-3)20(15-17)25-4/h8-13,15H,5-7,14H2,1-4H3,(H,22,26). The molecule has 0 aliphatic heterocycles. The second-order valence-corrected chi connectivity index (χ2v) is 6.58. The molecule has 26 heavy (non-hydrogen) atoms. The van der Waals surface area contributed by atoms with Gasteiger partial charge in [-0.3, -0.25) is 0 Å². The lowest BCUT2D eigenvalue weighted by atomic mass is 10.1. The van der Waals surface area contributed by atoms with Gasteiger partial charge in [-0.25, -0.2) is 0 Å². The first-order chi connectivity index (χ1) is 12.6. The highest BCUT2D eigenvalue weighted by molar-refractivity contribution is 7.80. The Hall–Kier alpha value is -2.27. The van der Waals surface area contributed by atoms with Crippen molar-refractivity contribution in [1.29, 1.82) is 0 Å². The quantitative estimate of drug-likeness (QED) is 0.689. The SMILES string of the molecule is CCc1ccc(NC(=S)N(C)CCCc2ccc(OC)c(OC)c2)cc1. The Bertz CT molecular complexity index is 716. The molecule has 0 unspecified atom stereocenters. The second kappa shape index (κ2) is 10.0. The van der Waals surface area contributed by atoms with E-state index in [2.05, 4.69) is 47.5 Å². The van der Waals surface area contributed by atoms with E-state index in [0.29, 0.717) is 0 Å². The highest BCUT2D eigenvalue weighted by Gasteiger charge is 2.07. The molecule has 0 radical (unpaired) electrons. The number of nitrogens with zero attached hydrogens (tertiary/aromatic N) is 1. The van der Waals surface area contributed by atoms with Gasteiger partial charge in [-0.1, -0.05) is 25.1 Å². The minimum absolute atomic E-state index is 0.738. The summed E-state index contributed by atoms with van der Waals surface area (Å²) >= 11 is 5.50. The van der Waals surface area contributed by atoms with Gasteiger partial charge >= 0.3 is 0 Å². The summed E-state index contributed by atoms with van der Waals surface area (Å²) in [4.78, 5) is 2.07. The van der Waals surface area contributed by atoms with Crippen LogP contribution < -0.4 is 14.8 Å². The lowest BCUT2D eigenvalue weighted by Crippen LogP contribution is -2.32. The molecule has 4 nitrogen and oxygen atoms in total. The molecule has 0 aliphatic carbocycles. The van der Waals surface area contributed by atoms with Gasteiger partial charge in [0.05, 0.1) is 14.2 Å². The van der Waals surface area contributed by atoms with Crippen LogP contribution in [0.1, 0.15) is 24.5 Å². The highest BCUT2D eigenvalue weighted by atomic mass is 32.1. The van der Waals surface area contributed by atoms with E-state index in [1.165, 1.54) is 11.1 Å². The van der Waals surface area contributed by atoms with Crippen molar-refractivity contribution in [2.45, 2.75) is 26.2 Å². The molecule has 0 heterocycles. The third-order valence-electron chi connectivity index (χ3n) is 4.37. The molecule has 0 aromatic heterocycles. The first-order valence-electron chi connectivity index (χ1n) is 8.89. The maximum Gasteiger partial charge on any atom is 0.173 e. The van der Waals surface area contributed by atoms with Crippen LogP contribution in [0.15, 0.2) is 42.5 Å². The van der Waals surface area contributed by atoms with Crippen LogP contribution in [0.2, 0.25) is 0 Å². The molecule has 0 spiro atoms. The highest BCUT2D eigenvalue weighted by Crippen LogP contribution is 2.27. The average molecular weight is 373 g/mol. The second-order valence-electron chi connectivity index (χ2n) is 6.20. The molecule has 0 saturated heterocycles. The fourth-order valence-corrected chi connectivity index (χ4v) is 2.91. The Morgan fingerprint density at radius 3 is 2.27 bits per heavy atom. The van der Waals surface area contributed by atoms with E-state index >= 15 is 0 Å². The third kappa shape index (κ3) is 5.63. The topological polar surface area (TPSA) is 33.7 Å². The van der Waals surface area contributed by atoms with Crippen LogP contribution in [0, 0.1) is 0 Å². The van der Waals surface area contributed by atoms with Gasteiger partial charge in [-0.2, -0.15) is 0 Å². The van der Waals surface area contributed by atoms with Gasteiger partial charge in [0.2, 0.25) is 0 Å². The molecular formula is C21H28N2O2S. The number of methoxy groups -OCH3 is 2. The van der Waals surface area contributed by atoms with Gasteiger partial charge in [-0.15, -0.1) is 0 Å². The van der Waals surface area contributed by atoms with Crippen LogP contribution in [0.3, 0.4) is 0 Å². The van der Waals surface area contributed by atoms with Crippen molar-refractivity contribution in [3.8, 4) is 11.5 Å².